The quantitative estimate of drug-likeness (QED) is 0.210. The fourth-order valence-corrected chi connectivity index (χ4v) is 6.02. The molecule has 2 amide bonds. The van der Waals surface area contributed by atoms with E-state index < -0.39 is 40.6 Å². The van der Waals surface area contributed by atoms with E-state index in [4.69, 9.17) is 10.8 Å². The first-order valence-corrected chi connectivity index (χ1v) is 14.4. The summed E-state index contributed by atoms with van der Waals surface area (Å²) in [5.41, 5.74) is 7.65. The van der Waals surface area contributed by atoms with Gasteiger partial charge in [-0.15, -0.1) is 0 Å². The Morgan fingerprint density at radius 2 is 1.61 bits per heavy atom. The minimum atomic E-state index is -4.53. The van der Waals surface area contributed by atoms with Crippen molar-refractivity contribution in [2.24, 2.45) is 5.73 Å². The first kappa shape index (κ1) is 31.2. The summed E-state index contributed by atoms with van der Waals surface area (Å²) in [5.74, 6) is -1.71. The highest BCUT2D eigenvalue weighted by molar-refractivity contribution is 5.88. The molecule has 0 spiro atoms. The van der Waals surface area contributed by atoms with Gasteiger partial charge in [-0.05, 0) is 55.5 Å². The number of halogens is 5. The summed E-state index contributed by atoms with van der Waals surface area (Å²) in [6.07, 6.45) is -2.87. The Bertz CT molecular complexity index is 1700. The summed E-state index contributed by atoms with van der Waals surface area (Å²) in [4.78, 5) is 13.3. The van der Waals surface area contributed by atoms with Crippen molar-refractivity contribution in [1.29, 1.82) is 0 Å². The number of primary amides is 1. The number of carbonyl (C=O) groups is 1. The fraction of sp³-hybridized carbons (Fsp3) is 0.333. The van der Waals surface area contributed by atoms with E-state index in [0.29, 0.717) is 36.2 Å². The van der Waals surface area contributed by atoms with Crippen LogP contribution in [0.15, 0.2) is 54.6 Å². The molecule has 11 heteroatoms. The van der Waals surface area contributed by atoms with Gasteiger partial charge in [-0.25, -0.2) is 18.3 Å². The summed E-state index contributed by atoms with van der Waals surface area (Å²) in [6.45, 7) is 7.99. The first-order valence-electron chi connectivity index (χ1n) is 14.4. The number of nitrogens with one attached hydrogen (secondary N) is 1. The van der Waals surface area contributed by atoms with Crippen molar-refractivity contribution < 1.29 is 26.7 Å². The topological polar surface area (TPSA) is 76.2 Å². The van der Waals surface area contributed by atoms with Gasteiger partial charge < -0.3 is 11.1 Å². The van der Waals surface area contributed by atoms with Gasteiger partial charge in [0.2, 0.25) is 0 Å². The van der Waals surface area contributed by atoms with Gasteiger partial charge >= 0.3 is 12.2 Å². The van der Waals surface area contributed by atoms with Crippen molar-refractivity contribution in [2.75, 3.05) is 5.32 Å². The molecular formula is C33H34F5N5O. The summed E-state index contributed by atoms with van der Waals surface area (Å²) >= 11 is 0. The maximum atomic E-state index is 15.9. The van der Waals surface area contributed by atoms with Crippen LogP contribution in [0, 0.1) is 11.6 Å². The van der Waals surface area contributed by atoms with Crippen molar-refractivity contribution in [2.45, 2.75) is 71.8 Å². The number of nitrogens with two attached hydrogens (primary N) is 1. The lowest BCUT2D eigenvalue weighted by Crippen LogP contribution is -2.48. The zero-order valence-electron chi connectivity index (χ0n) is 24.9. The van der Waals surface area contributed by atoms with Gasteiger partial charge in [0.1, 0.15) is 11.6 Å². The average Bonchev–Trinajstić information content (AvgIpc) is 3.30. The van der Waals surface area contributed by atoms with Crippen LogP contribution in [0.4, 0.5) is 32.4 Å². The van der Waals surface area contributed by atoms with Crippen molar-refractivity contribution in [3.05, 3.63) is 99.7 Å². The zero-order chi connectivity index (χ0) is 32.0. The Hall–Kier alpha value is -4.25. The number of nitrogens with zero attached hydrogens (tertiary/aromatic N) is 3. The number of rotatable bonds is 7. The van der Waals surface area contributed by atoms with Gasteiger partial charge in [0, 0.05) is 42.2 Å². The Labute approximate surface area is 252 Å². The molecular weight excluding hydrogens is 577 g/mol. The Balaban J connectivity index is 1.73. The highest BCUT2D eigenvalue weighted by atomic mass is 19.4. The third kappa shape index (κ3) is 5.80. The number of urea groups is 1. The Kier molecular flexibility index (Phi) is 8.28. The van der Waals surface area contributed by atoms with Crippen LogP contribution in [0.1, 0.15) is 61.2 Å². The maximum absolute atomic E-state index is 15.9. The van der Waals surface area contributed by atoms with Crippen LogP contribution in [0.3, 0.4) is 0 Å². The second kappa shape index (κ2) is 11.7. The van der Waals surface area contributed by atoms with Crippen molar-refractivity contribution >= 4 is 11.7 Å². The third-order valence-electron chi connectivity index (χ3n) is 8.30. The highest BCUT2D eigenvalue weighted by Gasteiger charge is 2.40. The highest BCUT2D eigenvalue weighted by Crippen LogP contribution is 2.42. The number of hydrogen-bond donors (Lipinski definition) is 2. The molecule has 1 aliphatic rings. The number of amides is 2. The number of benzene rings is 3. The average molecular weight is 612 g/mol. The molecule has 3 N–H and O–H groups in total. The van der Waals surface area contributed by atoms with Gasteiger partial charge in [-0.2, -0.15) is 18.3 Å². The van der Waals surface area contributed by atoms with Crippen LogP contribution < -0.4 is 11.1 Å². The van der Waals surface area contributed by atoms with Crippen molar-refractivity contribution in [1.82, 2.24) is 14.7 Å². The summed E-state index contributed by atoms with van der Waals surface area (Å²) in [7, 11) is 0. The SMILES string of the molecule is CCc1cccc(CC)c1-n1nc2c(c1-c1cc(F)c(NC(N)=O)cc1F)CN(Cc1ccccc1C(F)(F)F)C(C)(C)C2. The molecule has 0 fully saturated rings. The number of fused-ring (bicyclic) bond motifs is 1. The molecule has 0 radical (unpaired) electrons. The molecule has 0 unspecified atom stereocenters. The number of hydrogen-bond acceptors (Lipinski definition) is 3. The lowest BCUT2D eigenvalue weighted by molar-refractivity contribution is -0.138. The second-order valence-electron chi connectivity index (χ2n) is 11.6. The van der Waals surface area contributed by atoms with Crippen LogP contribution in [0.5, 0.6) is 0 Å². The van der Waals surface area contributed by atoms with E-state index in [1.807, 2.05) is 50.8 Å². The van der Waals surface area contributed by atoms with Crippen LogP contribution in [-0.2, 0) is 38.5 Å². The van der Waals surface area contributed by atoms with Gasteiger partial charge in [-0.1, -0.05) is 50.2 Å². The van der Waals surface area contributed by atoms with E-state index >= 15 is 8.78 Å². The standard InChI is InChI=1S/C33H34F5N5O/c1-5-19-11-9-12-20(6-2)29(19)43-30(22-14-26(35)27(15-25(22)34)40-31(39)44)23-18-42(32(3,4)16-28(23)41-43)17-21-10-7-8-13-24(21)33(36,37)38/h7-15H,5-6,16-18H2,1-4H3,(H3,39,40,44). The number of aromatic nitrogens is 2. The molecule has 0 bridgehead atoms. The molecule has 1 aliphatic heterocycles. The van der Waals surface area contributed by atoms with E-state index in [1.54, 1.807) is 10.7 Å². The molecule has 0 aliphatic carbocycles. The minimum Gasteiger partial charge on any atom is -0.351 e. The van der Waals surface area contributed by atoms with Gasteiger partial charge in [-0.3, -0.25) is 4.90 Å². The lowest BCUT2D eigenvalue weighted by Gasteiger charge is -2.42. The van der Waals surface area contributed by atoms with E-state index in [0.717, 1.165) is 35.0 Å². The van der Waals surface area contributed by atoms with E-state index in [1.165, 1.54) is 12.1 Å². The smallest absolute Gasteiger partial charge is 0.351 e. The Morgan fingerprint density at radius 3 is 2.23 bits per heavy atom. The maximum Gasteiger partial charge on any atom is 0.416 e. The van der Waals surface area contributed by atoms with Gasteiger partial charge in [0.05, 0.1) is 28.3 Å². The molecule has 0 atom stereocenters. The van der Waals surface area contributed by atoms with Gasteiger partial charge in [0.15, 0.2) is 0 Å². The molecule has 4 aromatic rings. The largest absolute Gasteiger partial charge is 0.416 e. The summed E-state index contributed by atoms with van der Waals surface area (Å²) < 4.78 is 74.6. The second-order valence-corrected chi connectivity index (χ2v) is 11.6. The van der Waals surface area contributed by atoms with Crippen LogP contribution in [0.2, 0.25) is 0 Å². The number of anilines is 1. The minimum absolute atomic E-state index is 0.0171. The zero-order valence-corrected chi connectivity index (χ0v) is 24.9. The lowest BCUT2D eigenvalue weighted by atomic mass is 9.87. The van der Waals surface area contributed by atoms with Gasteiger partial charge in [0.25, 0.3) is 0 Å². The summed E-state index contributed by atoms with van der Waals surface area (Å²) in [6, 6.07) is 12.1. The third-order valence-corrected chi connectivity index (χ3v) is 8.30. The molecule has 232 valence electrons. The normalized spacial score (nSPS) is 14.8. The predicted octanol–water partition coefficient (Wildman–Crippen LogP) is 7.79. The number of para-hydroxylation sites is 1. The predicted molar refractivity (Wildman–Crippen MR) is 159 cm³/mol. The Morgan fingerprint density at radius 1 is 0.977 bits per heavy atom. The van der Waals surface area contributed by atoms with Crippen LogP contribution in [-0.4, -0.2) is 26.3 Å². The number of alkyl halides is 3. The number of aryl methyl sites for hydroxylation is 2. The van der Waals surface area contributed by atoms with E-state index in [-0.39, 0.29) is 24.2 Å². The first-order chi connectivity index (χ1) is 20.7. The molecule has 6 nitrogen and oxygen atoms in total. The summed E-state index contributed by atoms with van der Waals surface area (Å²) in [5, 5.41) is 7.08. The number of carbonyl (C=O) groups excluding carboxylic acids is 1. The molecule has 3 aromatic carbocycles. The molecule has 0 saturated carbocycles. The molecule has 2 heterocycles. The van der Waals surface area contributed by atoms with Crippen molar-refractivity contribution in [3.63, 3.8) is 0 Å². The van der Waals surface area contributed by atoms with E-state index in [2.05, 4.69) is 5.32 Å². The van der Waals surface area contributed by atoms with Crippen LogP contribution >= 0.6 is 0 Å². The van der Waals surface area contributed by atoms with Crippen molar-refractivity contribution in [3.8, 4) is 16.9 Å². The fourth-order valence-electron chi connectivity index (χ4n) is 6.02. The molecule has 5 rings (SSSR count). The van der Waals surface area contributed by atoms with Crippen LogP contribution in [0.25, 0.3) is 16.9 Å². The molecule has 1 aromatic heterocycles. The monoisotopic (exact) mass is 611 g/mol. The molecule has 0 saturated heterocycles. The van der Waals surface area contributed by atoms with E-state index in [9.17, 15) is 18.0 Å². The molecule has 44 heavy (non-hydrogen) atoms.